The van der Waals surface area contributed by atoms with Gasteiger partial charge in [-0.15, -0.1) is 0 Å². The van der Waals surface area contributed by atoms with Gasteiger partial charge < -0.3 is 14.4 Å². The van der Waals surface area contributed by atoms with Crippen LogP contribution in [0.2, 0.25) is 5.02 Å². The van der Waals surface area contributed by atoms with E-state index in [2.05, 4.69) is 19.9 Å². The zero-order valence-electron chi connectivity index (χ0n) is 20.2. The Balaban J connectivity index is 1.17. The molecular formula is C26H30ClN5O3S. The van der Waals surface area contributed by atoms with Gasteiger partial charge in [-0.25, -0.2) is 15.0 Å². The summed E-state index contributed by atoms with van der Waals surface area (Å²) in [5.41, 5.74) is 0.871. The summed E-state index contributed by atoms with van der Waals surface area (Å²) in [6.45, 7) is 5.87. The Kier molecular flexibility index (Phi) is 6.90. The van der Waals surface area contributed by atoms with E-state index >= 15 is 0 Å². The molecular weight excluding hydrogens is 498 g/mol. The molecule has 5 heterocycles. The zero-order chi connectivity index (χ0) is 24.5. The highest BCUT2D eigenvalue weighted by molar-refractivity contribution is 7.99. The van der Waals surface area contributed by atoms with Crippen LogP contribution in [0.5, 0.6) is 0 Å². The lowest BCUT2D eigenvalue weighted by molar-refractivity contribution is 0.0609. The quantitative estimate of drug-likeness (QED) is 0.482. The highest BCUT2D eigenvalue weighted by atomic mass is 35.5. The van der Waals surface area contributed by atoms with E-state index in [4.69, 9.17) is 21.1 Å². The lowest BCUT2D eigenvalue weighted by atomic mass is 9.78. The first-order chi connectivity index (χ1) is 17.6. The van der Waals surface area contributed by atoms with Gasteiger partial charge >= 0.3 is 0 Å². The number of halogens is 1. The van der Waals surface area contributed by atoms with Crippen LogP contribution in [-0.2, 0) is 16.0 Å². The van der Waals surface area contributed by atoms with Crippen LogP contribution in [0.4, 0.5) is 5.82 Å². The molecule has 3 fully saturated rings. The fraction of sp³-hybridized carbons (Fsp3) is 0.538. The van der Waals surface area contributed by atoms with Gasteiger partial charge in [0.25, 0.3) is 5.56 Å². The Morgan fingerprint density at radius 1 is 1.03 bits per heavy atom. The van der Waals surface area contributed by atoms with Crippen molar-refractivity contribution in [3.05, 3.63) is 46.2 Å². The predicted molar refractivity (Wildman–Crippen MR) is 140 cm³/mol. The van der Waals surface area contributed by atoms with Crippen molar-refractivity contribution in [1.82, 2.24) is 19.5 Å². The molecule has 1 aromatic carbocycles. The first-order valence-electron chi connectivity index (χ1n) is 12.7. The first-order valence-corrected chi connectivity index (χ1v) is 13.9. The Morgan fingerprint density at radius 2 is 1.86 bits per heavy atom. The summed E-state index contributed by atoms with van der Waals surface area (Å²) < 4.78 is 12.8. The van der Waals surface area contributed by atoms with Crippen molar-refractivity contribution < 1.29 is 9.47 Å². The normalized spacial score (nSPS) is 20.4. The lowest BCUT2D eigenvalue weighted by Crippen LogP contribution is -2.40. The Labute approximate surface area is 219 Å². The van der Waals surface area contributed by atoms with Crippen LogP contribution in [0.1, 0.15) is 32.1 Å². The third-order valence-electron chi connectivity index (χ3n) is 7.85. The topological polar surface area (TPSA) is 82.4 Å². The summed E-state index contributed by atoms with van der Waals surface area (Å²) in [4.78, 5) is 30.2. The van der Waals surface area contributed by atoms with Gasteiger partial charge in [0.15, 0.2) is 0 Å². The van der Waals surface area contributed by atoms with Crippen molar-refractivity contribution in [2.45, 2.75) is 48.6 Å². The molecule has 3 aliphatic rings. The van der Waals surface area contributed by atoms with Gasteiger partial charge in [0.05, 0.1) is 41.3 Å². The van der Waals surface area contributed by atoms with E-state index in [9.17, 15) is 4.79 Å². The largest absolute Gasteiger partial charge is 0.381 e. The van der Waals surface area contributed by atoms with E-state index in [0.29, 0.717) is 33.8 Å². The lowest BCUT2D eigenvalue weighted by Gasteiger charge is -2.38. The smallest absolute Gasteiger partial charge is 0.262 e. The molecule has 0 saturated carbocycles. The molecule has 190 valence electrons. The highest BCUT2D eigenvalue weighted by Gasteiger charge is 2.38. The Hall–Kier alpha value is -2.20. The number of nitrogens with zero attached hydrogens (tertiary/aromatic N) is 5. The van der Waals surface area contributed by atoms with Crippen LogP contribution >= 0.6 is 23.4 Å². The van der Waals surface area contributed by atoms with Gasteiger partial charge in [0.1, 0.15) is 10.8 Å². The fourth-order valence-electron chi connectivity index (χ4n) is 5.49. The van der Waals surface area contributed by atoms with E-state index < -0.39 is 0 Å². The second-order valence-electron chi connectivity index (χ2n) is 10.1. The van der Waals surface area contributed by atoms with E-state index in [1.165, 1.54) is 18.2 Å². The molecule has 10 heteroatoms. The van der Waals surface area contributed by atoms with Crippen LogP contribution in [0.25, 0.3) is 10.9 Å². The molecule has 3 aromatic rings. The number of hydrogen-bond acceptors (Lipinski definition) is 8. The maximum absolute atomic E-state index is 13.3. The van der Waals surface area contributed by atoms with Crippen LogP contribution in [0.15, 0.2) is 45.6 Å². The standard InChI is InChI=1S/C26H30ClN5O3S/c27-24-20(2-1-19-23(24)25(33)32(17-30-19)15-18-3-10-34-11-4-18)36-22-14-28-21(13-29-22)31-8-5-26(6-9-31)7-12-35-16-26/h1-2,13-14,17-18H,3-12,15-16H2. The predicted octanol–water partition coefficient (Wildman–Crippen LogP) is 4.42. The van der Waals surface area contributed by atoms with Crippen molar-refractivity contribution in [2.75, 3.05) is 44.4 Å². The van der Waals surface area contributed by atoms with Crippen LogP contribution in [0.3, 0.4) is 0 Å². The number of aromatic nitrogens is 4. The third-order valence-corrected chi connectivity index (χ3v) is 9.34. The highest BCUT2D eigenvalue weighted by Crippen LogP contribution is 2.40. The van der Waals surface area contributed by atoms with Crippen molar-refractivity contribution in [1.29, 1.82) is 0 Å². The molecule has 0 unspecified atom stereocenters. The average Bonchev–Trinajstić information content (AvgIpc) is 3.36. The van der Waals surface area contributed by atoms with Crippen LogP contribution < -0.4 is 10.5 Å². The molecule has 36 heavy (non-hydrogen) atoms. The SMILES string of the molecule is O=c1c2c(Cl)c(Sc3cnc(N4CCC5(CCOC5)CC4)cn3)ccc2ncn1CC1CCOCC1. The molecule has 0 radical (unpaired) electrons. The summed E-state index contributed by atoms with van der Waals surface area (Å²) in [5.74, 6) is 1.32. The van der Waals surface area contributed by atoms with Crippen molar-refractivity contribution in [3.8, 4) is 0 Å². The summed E-state index contributed by atoms with van der Waals surface area (Å²) in [6, 6.07) is 3.75. The second kappa shape index (κ2) is 10.3. The van der Waals surface area contributed by atoms with Crippen LogP contribution in [-0.4, -0.2) is 59.0 Å². The van der Waals surface area contributed by atoms with Gasteiger partial charge in [-0.2, -0.15) is 0 Å². The summed E-state index contributed by atoms with van der Waals surface area (Å²) in [7, 11) is 0. The number of benzene rings is 1. The van der Waals surface area contributed by atoms with Gasteiger partial charge in [-0.05, 0) is 55.6 Å². The molecule has 0 aliphatic carbocycles. The minimum absolute atomic E-state index is 0.101. The van der Waals surface area contributed by atoms with Crippen molar-refractivity contribution in [3.63, 3.8) is 0 Å². The van der Waals surface area contributed by atoms with Crippen molar-refractivity contribution in [2.24, 2.45) is 11.3 Å². The zero-order valence-corrected chi connectivity index (χ0v) is 21.8. The maximum Gasteiger partial charge on any atom is 0.262 e. The maximum atomic E-state index is 13.3. The molecule has 0 amide bonds. The molecule has 3 aliphatic heterocycles. The molecule has 0 atom stereocenters. The van der Waals surface area contributed by atoms with Crippen LogP contribution in [0, 0.1) is 11.3 Å². The molecule has 0 bridgehead atoms. The van der Waals surface area contributed by atoms with E-state index in [1.807, 2.05) is 18.3 Å². The number of anilines is 1. The molecule has 0 N–H and O–H groups in total. The molecule has 8 nitrogen and oxygen atoms in total. The van der Waals surface area contributed by atoms with E-state index in [1.54, 1.807) is 17.1 Å². The molecule has 1 spiro atoms. The average molecular weight is 528 g/mol. The van der Waals surface area contributed by atoms with Gasteiger partial charge in [-0.3, -0.25) is 9.36 Å². The van der Waals surface area contributed by atoms with Gasteiger partial charge in [0, 0.05) is 44.4 Å². The molecule has 3 saturated heterocycles. The number of piperidine rings is 1. The van der Waals surface area contributed by atoms with E-state index in [0.717, 1.165) is 80.9 Å². The minimum Gasteiger partial charge on any atom is -0.381 e. The summed E-state index contributed by atoms with van der Waals surface area (Å²) >= 11 is 8.18. The first kappa shape index (κ1) is 24.2. The second-order valence-corrected chi connectivity index (χ2v) is 11.6. The number of fused-ring (bicyclic) bond motifs is 1. The summed E-state index contributed by atoms with van der Waals surface area (Å²) in [5, 5.41) is 1.62. The fourth-order valence-corrected chi connectivity index (χ4v) is 6.61. The third kappa shape index (κ3) is 4.86. The summed E-state index contributed by atoms with van der Waals surface area (Å²) in [6.07, 6.45) is 10.6. The number of rotatable bonds is 5. The number of ether oxygens (including phenoxy) is 2. The monoisotopic (exact) mass is 527 g/mol. The van der Waals surface area contributed by atoms with E-state index in [-0.39, 0.29) is 5.56 Å². The number of hydrogen-bond donors (Lipinski definition) is 0. The van der Waals surface area contributed by atoms with Gasteiger partial charge in [-0.1, -0.05) is 23.4 Å². The van der Waals surface area contributed by atoms with Crippen molar-refractivity contribution >= 4 is 40.1 Å². The molecule has 2 aromatic heterocycles. The van der Waals surface area contributed by atoms with Gasteiger partial charge in [0.2, 0.25) is 0 Å². The molecule has 6 rings (SSSR count). The Bertz CT molecular complexity index is 1280. The minimum atomic E-state index is -0.101. The Morgan fingerprint density at radius 3 is 2.58 bits per heavy atom.